The average Bonchev–Trinajstić information content (AvgIpc) is 2.78. The summed E-state index contributed by atoms with van der Waals surface area (Å²) in [5, 5.41) is 2.32. The fourth-order valence-electron chi connectivity index (χ4n) is 3.89. The molecule has 0 saturated heterocycles. The number of carbonyl (C=O) groups excluding carboxylic acids is 1. The highest BCUT2D eigenvalue weighted by atomic mass is 35.5. The first-order valence-electron chi connectivity index (χ1n) is 10.5. The number of alkyl halides is 3. The topological polar surface area (TPSA) is 45.2 Å². The standard InChI is InChI=1S/C25H25ClF3N3O/c1-4-21(32(2)3)23(17-9-5-8-16(14-17)18-10-7-13-30-15-18)31-24(33)19-11-6-12-20(22(19)26)25(27,28)29/h5-15,21,23H,4H2,1-3H3,(H,31,33)/t21?,23-/m0/s1. The maximum Gasteiger partial charge on any atom is 0.417 e. The van der Waals surface area contributed by atoms with E-state index in [2.05, 4.69) is 10.3 Å². The quantitative estimate of drug-likeness (QED) is 0.440. The van der Waals surface area contributed by atoms with E-state index in [4.69, 9.17) is 11.6 Å². The Bertz CT molecular complexity index is 1100. The van der Waals surface area contributed by atoms with Gasteiger partial charge in [-0.15, -0.1) is 0 Å². The maximum absolute atomic E-state index is 13.3. The van der Waals surface area contributed by atoms with Crippen molar-refractivity contribution in [2.24, 2.45) is 0 Å². The highest BCUT2D eigenvalue weighted by Crippen LogP contribution is 2.36. The van der Waals surface area contributed by atoms with Crippen LogP contribution in [0.25, 0.3) is 11.1 Å². The molecule has 3 rings (SSSR count). The van der Waals surface area contributed by atoms with Gasteiger partial charge in [-0.3, -0.25) is 9.78 Å². The molecule has 174 valence electrons. The molecule has 0 bridgehead atoms. The summed E-state index contributed by atoms with van der Waals surface area (Å²) in [4.78, 5) is 19.3. The third kappa shape index (κ3) is 5.72. The largest absolute Gasteiger partial charge is 0.417 e. The molecule has 0 fully saturated rings. The van der Waals surface area contributed by atoms with Crippen LogP contribution in [0.15, 0.2) is 67.0 Å². The summed E-state index contributed by atoms with van der Waals surface area (Å²) in [6.45, 7) is 1.99. The summed E-state index contributed by atoms with van der Waals surface area (Å²) in [7, 11) is 3.80. The van der Waals surface area contributed by atoms with Crippen LogP contribution in [0, 0.1) is 0 Å². The zero-order valence-electron chi connectivity index (χ0n) is 18.5. The molecule has 3 aromatic rings. The van der Waals surface area contributed by atoms with Crippen molar-refractivity contribution >= 4 is 17.5 Å². The average molecular weight is 476 g/mol. The summed E-state index contributed by atoms with van der Waals surface area (Å²) in [6.07, 6.45) is -0.515. The number of pyridine rings is 1. The van der Waals surface area contributed by atoms with E-state index >= 15 is 0 Å². The van der Waals surface area contributed by atoms with Crippen LogP contribution >= 0.6 is 11.6 Å². The molecule has 0 radical (unpaired) electrons. The Morgan fingerprint density at radius 1 is 1.09 bits per heavy atom. The lowest BCUT2D eigenvalue weighted by Gasteiger charge is -2.33. The van der Waals surface area contributed by atoms with Crippen molar-refractivity contribution in [3.8, 4) is 11.1 Å². The summed E-state index contributed by atoms with van der Waals surface area (Å²) >= 11 is 6.00. The van der Waals surface area contributed by atoms with Gasteiger partial charge in [-0.1, -0.05) is 48.9 Å². The predicted molar refractivity (Wildman–Crippen MR) is 124 cm³/mol. The fraction of sp³-hybridized carbons (Fsp3) is 0.280. The zero-order valence-corrected chi connectivity index (χ0v) is 19.3. The second kappa shape index (κ2) is 10.4. The Balaban J connectivity index is 2.01. The van der Waals surface area contributed by atoms with Gasteiger partial charge in [0.2, 0.25) is 0 Å². The van der Waals surface area contributed by atoms with Crippen molar-refractivity contribution in [2.75, 3.05) is 14.1 Å². The van der Waals surface area contributed by atoms with Crippen molar-refractivity contribution in [1.29, 1.82) is 0 Å². The molecular formula is C25H25ClF3N3O. The predicted octanol–water partition coefficient (Wildman–Crippen LogP) is 6.23. The fourth-order valence-corrected chi connectivity index (χ4v) is 4.21. The summed E-state index contributed by atoms with van der Waals surface area (Å²) in [6, 6.07) is 14.2. The minimum Gasteiger partial charge on any atom is -0.344 e. The minimum atomic E-state index is -4.65. The Morgan fingerprint density at radius 2 is 1.79 bits per heavy atom. The Hall–Kier alpha value is -2.90. The number of likely N-dealkylation sites (N-methyl/N-ethyl adjacent to an activating group) is 1. The van der Waals surface area contributed by atoms with Gasteiger partial charge in [0.15, 0.2) is 0 Å². The van der Waals surface area contributed by atoms with Gasteiger partial charge in [0, 0.05) is 18.4 Å². The third-order valence-corrected chi connectivity index (χ3v) is 5.95. The molecule has 0 saturated carbocycles. The molecule has 0 aliphatic rings. The maximum atomic E-state index is 13.3. The van der Waals surface area contributed by atoms with Crippen molar-refractivity contribution in [3.63, 3.8) is 0 Å². The van der Waals surface area contributed by atoms with Gasteiger partial charge in [-0.25, -0.2) is 0 Å². The van der Waals surface area contributed by atoms with Crippen molar-refractivity contribution in [2.45, 2.75) is 31.6 Å². The van der Waals surface area contributed by atoms with Crippen LogP contribution in [0.1, 0.15) is 40.9 Å². The van der Waals surface area contributed by atoms with E-state index in [-0.39, 0.29) is 11.6 Å². The molecule has 4 nitrogen and oxygen atoms in total. The molecule has 2 aromatic carbocycles. The second-order valence-corrected chi connectivity index (χ2v) is 8.30. The second-order valence-electron chi connectivity index (χ2n) is 7.92. The number of carbonyl (C=O) groups is 1. The van der Waals surface area contributed by atoms with Gasteiger partial charge in [0.25, 0.3) is 5.91 Å². The zero-order chi connectivity index (χ0) is 24.2. The molecule has 1 unspecified atom stereocenters. The van der Waals surface area contributed by atoms with Gasteiger partial charge in [0.1, 0.15) is 0 Å². The van der Waals surface area contributed by atoms with Crippen LogP contribution in [-0.4, -0.2) is 35.9 Å². The van der Waals surface area contributed by atoms with Crippen LogP contribution in [-0.2, 0) is 6.18 Å². The van der Waals surface area contributed by atoms with E-state index in [1.54, 1.807) is 12.4 Å². The van der Waals surface area contributed by atoms with Crippen LogP contribution in [0.3, 0.4) is 0 Å². The Morgan fingerprint density at radius 3 is 2.39 bits per heavy atom. The van der Waals surface area contributed by atoms with E-state index in [1.807, 2.05) is 62.3 Å². The number of benzene rings is 2. The molecular weight excluding hydrogens is 451 g/mol. The van der Waals surface area contributed by atoms with Gasteiger partial charge in [0.05, 0.1) is 22.2 Å². The summed E-state index contributed by atoms with van der Waals surface area (Å²) in [5.41, 5.74) is 1.42. The lowest BCUT2D eigenvalue weighted by atomic mass is 9.93. The lowest BCUT2D eigenvalue weighted by molar-refractivity contribution is -0.137. The summed E-state index contributed by atoms with van der Waals surface area (Å²) in [5.74, 6) is -0.664. The molecule has 0 aliphatic heterocycles. The highest BCUT2D eigenvalue weighted by molar-refractivity contribution is 6.34. The summed E-state index contributed by atoms with van der Waals surface area (Å²) < 4.78 is 39.9. The molecule has 8 heteroatoms. The number of rotatable bonds is 7. The number of nitrogens with zero attached hydrogens (tertiary/aromatic N) is 2. The monoisotopic (exact) mass is 475 g/mol. The lowest BCUT2D eigenvalue weighted by Crippen LogP contribution is -2.43. The van der Waals surface area contributed by atoms with E-state index in [9.17, 15) is 18.0 Å². The molecule has 1 heterocycles. The molecule has 1 N–H and O–H groups in total. The molecule has 33 heavy (non-hydrogen) atoms. The van der Waals surface area contributed by atoms with E-state index in [0.717, 1.165) is 22.8 Å². The van der Waals surface area contributed by atoms with Crippen molar-refractivity contribution in [1.82, 2.24) is 15.2 Å². The number of nitrogens with one attached hydrogen (secondary N) is 1. The molecule has 2 atom stereocenters. The third-order valence-electron chi connectivity index (χ3n) is 5.54. The first kappa shape index (κ1) is 24.7. The van der Waals surface area contributed by atoms with Gasteiger partial charge >= 0.3 is 6.18 Å². The smallest absolute Gasteiger partial charge is 0.344 e. The van der Waals surface area contributed by atoms with Crippen LogP contribution in [0.5, 0.6) is 0 Å². The molecule has 0 aliphatic carbocycles. The highest BCUT2D eigenvalue weighted by Gasteiger charge is 2.35. The number of hydrogen-bond donors (Lipinski definition) is 1. The van der Waals surface area contributed by atoms with Crippen LogP contribution in [0.2, 0.25) is 5.02 Å². The number of halogens is 4. The van der Waals surface area contributed by atoms with Gasteiger partial charge in [-0.2, -0.15) is 13.2 Å². The van der Waals surface area contributed by atoms with Gasteiger partial charge < -0.3 is 10.2 Å². The Kier molecular flexibility index (Phi) is 7.76. The number of hydrogen-bond acceptors (Lipinski definition) is 3. The van der Waals surface area contributed by atoms with Crippen molar-refractivity contribution < 1.29 is 18.0 Å². The molecule has 1 aromatic heterocycles. The van der Waals surface area contributed by atoms with Crippen LogP contribution in [0.4, 0.5) is 13.2 Å². The minimum absolute atomic E-state index is 0.109. The van der Waals surface area contributed by atoms with E-state index < -0.39 is 28.7 Å². The normalized spacial score (nSPS) is 13.6. The molecule has 1 amide bonds. The van der Waals surface area contributed by atoms with Gasteiger partial charge in [-0.05, 0) is 61.5 Å². The Labute approximate surface area is 196 Å². The first-order chi connectivity index (χ1) is 15.6. The SMILES string of the molecule is CCC([C@@H](NC(=O)c1cccc(C(F)(F)F)c1Cl)c1cccc(-c2cccnc2)c1)N(C)C. The van der Waals surface area contributed by atoms with E-state index in [0.29, 0.717) is 6.42 Å². The van der Waals surface area contributed by atoms with E-state index in [1.165, 1.54) is 12.1 Å². The van der Waals surface area contributed by atoms with Crippen LogP contribution < -0.4 is 5.32 Å². The number of amides is 1. The molecule has 0 spiro atoms. The van der Waals surface area contributed by atoms with Crippen molar-refractivity contribution in [3.05, 3.63) is 88.7 Å². The first-order valence-corrected chi connectivity index (χ1v) is 10.8. The number of aromatic nitrogens is 1.